The number of methoxy groups -OCH3 is 1. The van der Waals surface area contributed by atoms with Crippen molar-refractivity contribution in [1.29, 1.82) is 0 Å². The second kappa shape index (κ2) is 13.8. The van der Waals surface area contributed by atoms with Gasteiger partial charge in [0.1, 0.15) is 37.1 Å². The molecule has 0 N–H and O–H groups in total. The summed E-state index contributed by atoms with van der Waals surface area (Å²) in [7, 11) is 1.62. The highest BCUT2D eigenvalue weighted by molar-refractivity contribution is 5.89. The van der Waals surface area contributed by atoms with Crippen molar-refractivity contribution < 1.29 is 33.3 Å². The normalized spacial score (nSPS) is 10.4. The predicted molar refractivity (Wildman–Crippen MR) is 146 cm³/mol. The van der Waals surface area contributed by atoms with Crippen LogP contribution in [0.15, 0.2) is 91.0 Å². The molecular formula is C31H32O7. The lowest BCUT2D eigenvalue weighted by Gasteiger charge is -2.13. The van der Waals surface area contributed by atoms with Crippen LogP contribution >= 0.6 is 0 Å². The Bertz CT molecular complexity index is 1270. The molecule has 0 aliphatic heterocycles. The third kappa shape index (κ3) is 8.35. The molecule has 3 aromatic carbocycles. The van der Waals surface area contributed by atoms with Crippen molar-refractivity contribution in [1.82, 2.24) is 0 Å². The van der Waals surface area contributed by atoms with E-state index in [1.54, 1.807) is 39.2 Å². The van der Waals surface area contributed by atoms with Gasteiger partial charge >= 0.3 is 11.9 Å². The molecule has 7 nitrogen and oxygen atoms in total. The van der Waals surface area contributed by atoms with Crippen LogP contribution in [0.25, 0.3) is 22.3 Å². The maximum Gasteiger partial charge on any atom is 0.338 e. The molecule has 0 bridgehead atoms. The smallest absolute Gasteiger partial charge is 0.338 e. The van der Waals surface area contributed by atoms with E-state index in [0.29, 0.717) is 41.6 Å². The molecule has 0 saturated heterocycles. The van der Waals surface area contributed by atoms with Crippen molar-refractivity contribution in [3.8, 4) is 39.5 Å². The minimum atomic E-state index is -0.452. The molecule has 0 amide bonds. The molecule has 0 unspecified atom stereocenters. The third-order valence-electron chi connectivity index (χ3n) is 5.33. The first-order chi connectivity index (χ1) is 18.3. The van der Waals surface area contributed by atoms with E-state index in [2.05, 4.69) is 13.2 Å². The van der Waals surface area contributed by atoms with Crippen molar-refractivity contribution >= 4 is 11.9 Å². The lowest BCUT2D eigenvalue weighted by Crippen LogP contribution is -2.12. The summed E-state index contributed by atoms with van der Waals surface area (Å²) in [6.07, 6.45) is 0. The van der Waals surface area contributed by atoms with Gasteiger partial charge in [0, 0.05) is 24.3 Å². The fraction of sp³-hybridized carbons (Fsp3) is 0.226. The van der Waals surface area contributed by atoms with E-state index in [4.69, 9.17) is 23.7 Å². The molecule has 0 aliphatic carbocycles. The monoisotopic (exact) mass is 516 g/mol. The summed E-state index contributed by atoms with van der Waals surface area (Å²) in [4.78, 5) is 23.3. The van der Waals surface area contributed by atoms with E-state index in [9.17, 15) is 9.59 Å². The van der Waals surface area contributed by atoms with Crippen LogP contribution in [0, 0.1) is 0 Å². The summed E-state index contributed by atoms with van der Waals surface area (Å²) >= 11 is 0. The molecule has 198 valence electrons. The second-order valence-electron chi connectivity index (χ2n) is 8.57. The minimum Gasteiger partial charge on any atom is -0.491 e. The fourth-order valence-corrected chi connectivity index (χ4v) is 3.33. The number of hydrogen-bond acceptors (Lipinski definition) is 7. The van der Waals surface area contributed by atoms with Gasteiger partial charge in [0.25, 0.3) is 0 Å². The van der Waals surface area contributed by atoms with Crippen molar-refractivity contribution in [2.45, 2.75) is 13.8 Å². The first-order valence-corrected chi connectivity index (χ1v) is 12.1. The van der Waals surface area contributed by atoms with Gasteiger partial charge in [0.15, 0.2) is 0 Å². The van der Waals surface area contributed by atoms with Gasteiger partial charge in [-0.15, -0.1) is 0 Å². The summed E-state index contributed by atoms with van der Waals surface area (Å²) in [5.74, 6) is 0.786. The van der Waals surface area contributed by atoms with Crippen molar-refractivity contribution in [2.75, 3.05) is 33.5 Å². The van der Waals surface area contributed by atoms with Crippen LogP contribution in [0.4, 0.5) is 0 Å². The zero-order valence-corrected chi connectivity index (χ0v) is 22.0. The zero-order chi connectivity index (χ0) is 27.5. The van der Waals surface area contributed by atoms with Crippen LogP contribution in [0.1, 0.15) is 13.8 Å². The number of hydrogen-bond donors (Lipinski definition) is 0. The van der Waals surface area contributed by atoms with Crippen LogP contribution < -0.4 is 14.2 Å². The number of esters is 2. The van der Waals surface area contributed by atoms with Crippen molar-refractivity contribution in [3.05, 3.63) is 91.0 Å². The Labute approximate surface area is 223 Å². The van der Waals surface area contributed by atoms with Gasteiger partial charge in [0.2, 0.25) is 0 Å². The van der Waals surface area contributed by atoms with Gasteiger partial charge in [-0.3, -0.25) is 0 Å². The third-order valence-corrected chi connectivity index (χ3v) is 5.33. The summed E-state index contributed by atoms with van der Waals surface area (Å²) in [5.41, 5.74) is 4.55. The molecule has 0 aliphatic rings. The quantitative estimate of drug-likeness (QED) is 0.119. The molecule has 0 aromatic heterocycles. The highest BCUT2D eigenvalue weighted by atomic mass is 16.6. The molecule has 3 aromatic rings. The topological polar surface area (TPSA) is 80.3 Å². The maximum atomic E-state index is 11.7. The van der Waals surface area contributed by atoms with E-state index >= 15 is 0 Å². The Morgan fingerprint density at radius 1 is 0.605 bits per heavy atom. The number of carbonyl (C=O) groups excluding carboxylic acids is 2. The minimum absolute atomic E-state index is 0.107. The zero-order valence-electron chi connectivity index (χ0n) is 22.0. The summed E-state index contributed by atoms with van der Waals surface area (Å²) < 4.78 is 27.1. The SMILES string of the molecule is C=C(C)C(=O)OCCOc1cc(OCCOC)cc(-c2ccc(-c3ccc(OC(=O)C(=C)C)cc3)cc2)c1. The Balaban J connectivity index is 1.74. The van der Waals surface area contributed by atoms with Gasteiger partial charge < -0.3 is 23.7 Å². The standard InChI is InChI=1S/C31H32O7/c1-21(2)30(32)37-17-16-36-29-19-26(18-28(20-29)35-15-14-34-5)25-8-6-23(7-9-25)24-10-12-27(13-11-24)38-31(33)22(3)4/h6-13,18-20H,1,3,14-17H2,2,4-5H3. The van der Waals surface area contributed by atoms with Crippen LogP contribution in [-0.2, 0) is 19.1 Å². The van der Waals surface area contributed by atoms with Crippen LogP contribution in [-0.4, -0.2) is 45.5 Å². The average molecular weight is 517 g/mol. The van der Waals surface area contributed by atoms with E-state index in [0.717, 1.165) is 22.3 Å². The largest absolute Gasteiger partial charge is 0.491 e. The summed E-state index contributed by atoms with van der Waals surface area (Å²) in [6.45, 7) is 11.5. The molecule has 0 heterocycles. The van der Waals surface area contributed by atoms with Crippen molar-refractivity contribution in [2.24, 2.45) is 0 Å². The predicted octanol–water partition coefficient (Wildman–Crippen LogP) is 6.03. The Morgan fingerprint density at radius 2 is 1.08 bits per heavy atom. The molecule has 0 radical (unpaired) electrons. The van der Waals surface area contributed by atoms with Gasteiger partial charge in [-0.2, -0.15) is 0 Å². The maximum absolute atomic E-state index is 11.7. The fourth-order valence-electron chi connectivity index (χ4n) is 3.33. The number of carbonyl (C=O) groups is 2. The Morgan fingerprint density at radius 3 is 1.58 bits per heavy atom. The van der Waals surface area contributed by atoms with E-state index < -0.39 is 11.9 Å². The van der Waals surface area contributed by atoms with Crippen molar-refractivity contribution in [3.63, 3.8) is 0 Å². The van der Waals surface area contributed by atoms with Gasteiger partial charge in [0.05, 0.1) is 6.61 Å². The van der Waals surface area contributed by atoms with Gasteiger partial charge in [-0.25, -0.2) is 9.59 Å². The molecule has 3 rings (SSSR count). The first kappa shape index (κ1) is 28.2. The molecular weight excluding hydrogens is 484 g/mol. The summed E-state index contributed by atoms with van der Waals surface area (Å²) in [6, 6.07) is 21.0. The van der Waals surface area contributed by atoms with Gasteiger partial charge in [-0.05, 0) is 60.4 Å². The van der Waals surface area contributed by atoms with Crippen LogP contribution in [0.2, 0.25) is 0 Å². The molecule has 0 fully saturated rings. The number of benzene rings is 3. The highest BCUT2D eigenvalue weighted by Crippen LogP contribution is 2.32. The Kier molecular flexibility index (Phi) is 10.3. The van der Waals surface area contributed by atoms with E-state index in [-0.39, 0.29) is 13.2 Å². The molecule has 0 saturated carbocycles. The molecule has 38 heavy (non-hydrogen) atoms. The molecule has 7 heteroatoms. The molecule has 0 spiro atoms. The van der Waals surface area contributed by atoms with Crippen LogP contribution in [0.5, 0.6) is 17.2 Å². The molecule has 0 atom stereocenters. The van der Waals surface area contributed by atoms with Gasteiger partial charge in [-0.1, -0.05) is 49.6 Å². The number of rotatable bonds is 13. The van der Waals surface area contributed by atoms with Crippen LogP contribution in [0.3, 0.4) is 0 Å². The highest BCUT2D eigenvalue weighted by Gasteiger charge is 2.09. The second-order valence-corrected chi connectivity index (χ2v) is 8.57. The Hall–Kier alpha value is -4.36. The summed E-state index contributed by atoms with van der Waals surface area (Å²) in [5, 5.41) is 0. The average Bonchev–Trinajstić information content (AvgIpc) is 2.91. The lowest BCUT2D eigenvalue weighted by atomic mass is 10.00. The number of ether oxygens (including phenoxy) is 5. The van der Waals surface area contributed by atoms with E-state index in [1.165, 1.54) is 0 Å². The van der Waals surface area contributed by atoms with E-state index in [1.807, 2.05) is 48.5 Å². The lowest BCUT2D eigenvalue weighted by molar-refractivity contribution is -0.139. The first-order valence-electron chi connectivity index (χ1n) is 12.1.